The number of benzene rings is 1. The largest absolute Gasteiger partial charge is 0.466 e. The molecular formula is C28H34FN3O4S. The van der Waals surface area contributed by atoms with Crippen LogP contribution in [0.3, 0.4) is 0 Å². The van der Waals surface area contributed by atoms with Gasteiger partial charge >= 0.3 is 5.97 Å². The van der Waals surface area contributed by atoms with Crippen molar-refractivity contribution in [3.05, 3.63) is 59.2 Å². The summed E-state index contributed by atoms with van der Waals surface area (Å²) in [6, 6.07) is 7.79. The van der Waals surface area contributed by atoms with Gasteiger partial charge in [-0.25, -0.2) is 4.39 Å². The first kappa shape index (κ1) is 27.3. The summed E-state index contributed by atoms with van der Waals surface area (Å²) in [6.07, 6.45) is 7.20. The third-order valence-electron chi connectivity index (χ3n) is 6.67. The lowest BCUT2D eigenvalue weighted by Gasteiger charge is -2.38. The summed E-state index contributed by atoms with van der Waals surface area (Å²) in [7, 11) is 0. The van der Waals surface area contributed by atoms with Gasteiger partial charge in [0.1, 0.15) is 5.82 Å². The summed E-state index contributed by atoms with van der Waals surface area (Å²) < 4.78 is 21.6. The Morgan fingerprint density at radius 3 is 2.70 bits per heavy atom. The first-order chi connectivity index (χ1) is 17.9. The molecule has 1 aliphatic heterocycles. The maximum atomic E-state index is 14.8. The van der Waals surface area contributed by atoms with Gasteiger partial charge in [0.2, 0.25) is 0 Å². The second kappa shape index (κ2) is 12.6. The van der Waals surface area contributed by atoms with Crippen LogP contribution in [0.2, 0.25) is 0 Å². The molecule has 198 valence electrons. The molecule has 2 aromatic rings. The highest BCUT2D eigenvalue weighted by Crippen LogP contribution is 2.40. The Morgan fingerprint density at radius 1 is 1.22 bits per heavy atom. The van der Waals surface area contributed by atoms with E-state index in [1.165, 1.54) is 17.8 Å². The average Bonchev–Trinajstić information content (AvgIpc) is 3.62. The number of Topliss-reactive ketones (excluding diaryl/α,β-unsaturated/α-hetero) is 1. The number of rotatable bonds is 11. The summed E-state index contributed by atoms with van der Waals surface area (Å²) >= 11 is 1.29. The van der Waals surface area contributed by atoms with Crippen molar-refractivity contribution in [3.8, 4) is 0 Å². The molecule has 7 nitrogen and oxygen atoms in total. The van der Waals surface area contributed by atoms with Crippen molar-refractivity contribution < 1.29 is 23.5 Å². The number of esters is 1. The number of thioether (sulfide) groups is 1. The van der Waals surface area contributed by atoms with Crippen LogP contribution in [0, 0.1) is 11.7 Å². The molecule has 0 N–H and O–H groups in total. The second-order valence-electron chi connectivity index (χ2n) is 9.59. The predicted octanol–water partition coefficient (Wildman–Crippen LogP) is 4.82. The van der Waals surface area contributed by atoms with Crippen LogP contribution < -0.4 is 0 Å². The Bertz CT molecular complexity index is 1160. The van der Waals surface area contributed by atoms with E-state index in [9.17, 15) is 18.8 Å². The molecule has 1 aliphatic carbocycles. The maximum absolute atomic E-state index is 14.8. The summed E-state index contributed by atoms with van der Waals surface area (Å²) in [6.45, 7) is 5.37. The third kappa shape index (κ3) is 7.38. The van der Waals surface area contributed by atoms with E-state index in [0.29, 0.717) is 51.1 Å². The van der Waals surface area contributed by atoms with Crippen molar-refractivity contribution in [1.82, 2.24) is 14.7 Å². The normalized spacial score (nSPS) is 20.1. The lowest BCUT2D eigenvalue weighted by Crippen LogP contribution is -2.43. The number of carbonyl (C=O) groups is 3. The van der Waals surface area contributed by atoms with E-state index < -0.39 is 6.04 Å². The van der Waals surface area contributed by atoms with Gasteiger partial charge in [0.15, 0.2) is 10.9 Å². The zero-order valence-corrected chi connectivity index (χ0v) is 22.2. The number of likely N-dealkylation sites (tertiary alicyclic amines) is 1. The van der Waals surface area contributed by atoms with Gasteiger partial charge in [0.05, 0.1) is 18.3 Å². The fraction of sp³-hybridized carbons (Fsp3) is 0.500. The van der Waals surface area contributed by atoms with Gasteiger partial charge in [-0.2, -0.15) is 5.10 Å². The Labute approximate surface area is 221 Å². The number of nitrogens with zero attached hydrogens (tertiary/aromatic N) is 3. The van der Waals surface area contributed by atoms with Gasteiger partial charge in [0.25, 0.3) is 0 Å². The molecule has 2 fully saturated rings. The first-order valence-electron chi connectivity index (χ1n) is 12.9. The quantitative estimate of drug-likeness (QED) is 0.388. The molecule has 37 heavy (non-hydrogen) atoms. The minimum Gasteiger partial charge on any atom is -0.466 e. The zero-order chi connectivity index (χ0) is 26.4. The summed E-state index contributed by atoms with van der Waals surface area (Å²) in [5.41, 5.74) is 2.16. The fourth-order valence-corrected chi connectivity index (χ4v) is 5.70. The summed E-state index contributed by atoms with van der Waals surface area (Å²) in [5.74, 6) is -0.512. The molecule has 1 saturated carbocycles. The number of halogens is 1. The number of aromatic nitrogens is 2. The molecule has 0 radical (unpaired) electrons. The van der Waals surface area contributed by atoms with Gasteiger partial charge in [0, 0.05) is 55.9 Å². The van der Waals surface area contributed by atoms with Crippen molar-refractivity contribution in [2.45, 2.75) is 63.8 Å². The summed E-state index contributed by atoms with van der Waals surface area (Å²) in [5, 5.41) is 4.63. The lowest BCUT2D eigenvalue weighted by atomic mass is 9.93. The van der Waals surface area contributed by atoms with E-state index in [1.807, 2.05) is 18.3 Å². The molecule has 2 unspecified atom stereocenters. The Morgan fingerprint density at radius 2 is 2.00 bits per heavy atom. The highest BCUT2D eigenvalue weighted by Gasteiger charge is 2.41. The molecule has 1 saturated heterocycles. The van der Waals surface area contributed by atoms with E-state index in [4.69, 9.17) is 4.74 Å². The average molecular weight is 528 g/mol. The number of hydrogen-bond acceptors (Lipinski definition) is 7. The smallest absolute Gasteiger partial charge is 0.305 e. The SMILES string of the molecule is CCOC(=O)CCCn1ccc(/C=C2\CN(C(C(=O)C3CC3)c3ccccc3F)CCC2SC(C)=O)n1. The molecule has 0 amide bonds. The predicted molar refractivity (Wildman–Crippen MR) is 141 cm³/mol. The monoisotopic (exact) mass is 527 g/mol. The van der Waals surface area contributed by atoms with Crippen molar-refractivity contribution in [2.75, 3.05) is 19.7 Å². The first-order valence-corrected chi connectivity index (χ1v) is 13.8. The van der Waals surface area contributed by atoms with Crippen LogP contribution in [0.5, 0.6) is 0 Å². The summed E-state index contributed by atoms with van der Waals surface area (Å²) in [4.78, 5) is 39.0. The van der Waals surface area contributed by atoms with Gasteiger partial charge < -0.3 is 4.74 Å². The fourth-order valence-electron chi connectivity index (χ4n) is 4.78. The van der Waals surface area contributed by atoms with Crippen LogP contribution in [0.25, 0.3) is 6.08 Å². The van der Waals surface area contributed by atoms with Gasteiger partial charge in [-0.1, -0.05) is 30.0 Å². The molecule has 2 atom stereocenters. The van der Waals surface area contributed by atoms with Crippen LogP contribution >= 0.6 is 11.8 Å². The van der Waals surface area contributed by atoms with Crippen molar-refractivity contribution in [1.29, 1.82) is 0 Å². The van der Waals surface area contributed by atoms with E-state index in [-0.39, 0.29) is 33.9 Å². The topological polar surface area (TPSA) is 81.5 Å². The van der Waals surface area contributed by atoms with Crippen LogP contribution in [-0.4, -0.2) is 56.5 Å². The van der Waals surface area contributed by atoms with Crippen LogP contribution in [0.4, 0.5) is 4.39 Å². The second-order valence-corrected chi connectivity index (χ2v) is 11.0. The molecule has 0 spiro atoms. The van der Waals surface area contributed by atoms with Gasteiger partial charge in [-0.15, -0.1) is 0 Å². The number of ketones is 1. The van der Waals surface area contributed by atoms with Gasteiger partial charge in [-0.3, -0.25) is 24.0 Å². The highest BCUT2D eigenvalue weighted by molar-refractivity contribution is 8.14. The van der Waals surface area contributed by atoms with E-state index in [0.717, 1.165) is 24.1 Å². The maximum Gasteiger partial charge on any atom is 0.305 e. The van der Waals surface area contributed by atoms with Crippen molar-refractivity contribution in [2.24, 2.45) is 5.92 Å². The number of aryl methyl sites for hydroxylation is 1. The number of hydrogen-bond donors (Lipinski definition) is 0. The Kier molecular flexibility index (Phi) is 9.32. The molecule has 4 rings (SSSR count). The van der Waals surface area contributed by atoms with Crippen LogP contribution in [0.15, 0.2) is 42.1 Å². The van der Waals surface area contributed by atoms with Crippen LogP contribution in [-0.2, 0) is 25.7 Å². The minimum absolute atomic E-state index is 0.00772. The molecular weight excluding hydrogens is 493 g/mol. The Balaban J connectivity index is 1.54. The van der Waals surface area contributed by atoms with Gasteiger partial charge in [-0.05, 0) is 56.4 Å². The standard InChI is InChI=1S/C28H34FN3O4S/c1-3-36-26(34)9-6-14-32-16-12-22(30-32)17-21-18-31(15-13-25(21)37-19(2)33)27(28(35)20-10-11-20)23-7-4-5-8-24(23)29/h4-5,7-8,12,16-17,20,25,27H,3,6,9-11,13-15,18H2,1-2H3/b21-17+. The van der Waals surface area contributed by atoms with E-state index in [1.54, 1.807) is 36.7 Å². The zero-order valence-electron chi connectivity index (χ0n) is 21.4. The van der Waals surface area contributed by atoms with Crippen LogP contribution in [0.1, 0.15) is 63.3 Å². The molecule has 0 bridgehead atoms. The highest BCUT2D eigenvalue weighted by atomic mass is 32.2. The molecule has 2 heterocycles. The number of piperidine rings is 1. The van der Waals surface area contributed by atoms with Crippen molar-refractivity contribution in [3.63, 3.8) is 0 Å². The van der Waals surface area contributed by atoms with E-state index >= 15 is 0 Å². The molecule has 2 aliphatic rings. The number of ether oxygens (including phenoxy) is 1. The molecule has 1 aromatic carbocycles. The minimum atomic E-state index is -0.638. The third-order valence-corrected chi connectivity index (χ3v) is 7.82. The van der Waals surface area contributed by atoms with E-state index in [2.05, 4.69) is 10.00 Å². The number of carbonyl (C=O) groups excluding carboxylic acids is 3. The Hall–Kier alpha value is -2.78. The molecule has 9 heteroatoms. The molecule has 1 aromatic heterocycles. The van der Waals surface area contributed by atoms with Crippen molar-refractivity contribution >= 4 is 34.7 Å². The lowest BCUT2D eigenvalue weighted by molar-refractivity contribution is -0.143.